The summed E-state index contributed by atoms with van der Waals surface area (Å²) in [5, 5.41) is 3.66. The van der Waals surface area contributed by atoms with Gasteiger partial charge in [-0.05, 0) is 64.7 Å². The minimum Gasteiger partial charge on any atom is -0.352 e. The monoisotopic (exact) mass is 667 g/mol. The Kier molecular flexibility index (Phi) is 11.5. The van der Waals surface area contributed by atoms with E-state index >= 15 is 0 Å². The molecule has 2 amide bonds. The third-order valence-corrected chi connectivity index (χ3v) is 8.95. The molecule has 7 nitrogen and oxygen atoms in total. The van der Waals surface area contributed by atoms with Crippen LogP contribution in [-0.4, -0.2) is 50.0 Å². The van der Waals surface area contributed by atoms with E-state index in [1.165, 1.54) is 4.90 Å². The van der Waals surface area contributed by atoms with Crippen LogP contribution in [0.1, 0.15) is 31.4 Å². The molecule has 0 unspecified atom stereocenters. The third-order valence-electron chi connectivity index (χ3n) is 6.41. The molecule has 0 saturated carbocycles. The second-order valence-corrected chi connectivity index (χ2v) is 13.1. The predicted octanol–water partition coefficient (Wildman–Crippen LogP) is 6.08. The number of hydrogen-bond acceptors (Lipinski definition) is 4. The van der Waals surface area contributed by atoms with Crippen LogP contribution in [0.3, 0.4) is 0 Å². The van der Waals surface area contributed by atoms with Gasteiger partial charge in [-0.15, -0.1) is 0 Å². The topological polar surface area (TPSA) is 86.8 Å². The lowest BCUT2D eigenvalue weighted by molar-refractivity contribution is -0.140. The Morgan fingerprint density at radius 1 is 0.950 bits per heavy atom. The molecule has 1 N–H and O–H groups in total. The van der Waals surface area contributed by atoms with Gasteiger partial charge in [-0.3, -0.25) is 13.9 Å². The fourth-order valence-corrected chi connectivity index (χ4v) is 5.88. The number of para-hydroxylation sites is 1. The number of carbonyl (C=O) groups is 2. The van der Waals surface area contributed by atoms with Crippen molar-refractivity contribution in [3.05, 3.63) is 98.4 Å². The highest BCUT2D eigenvalue weighted by atomic mass is 79.9. The molecule has 0 aliphatic heterocycles. The molecule has 3 aromatic rings. The van der Waals surface area contributed by atoms with Crippen molar-refractivity contribution in [3.8, 4) is 0 Å². The zero-order valence-corrected chi connectivity index (χ0v) is 26.4. The van der Waals surface area contributed by atoms with Crippen molar-refractivity contribution in [2.45, 2.75) is 45.3 Å². The number of nitrogens with one attached hydrogen (secondary N) is 1. The van der Waals surface area contributed by atoms with E-state index in [1.54, 1.807) is 42.5 Å². The molecular formula is C29H32BrCl2N3O4S. The van der Waals surface area contributed by atoms with Gasteiger partial charge in [0, 0.05) is 23.5 Å². The number of sulfonamides is 1. The second-order valence-electron chi connectivity index (χ2n) is 9.51. The molecule has 11 heteroatoms. The standard InChI is InChI=1S/C29H32BrCl2N3O4S/c1-4-20(2)33-29(37)27(17-21-10-6-5-7-11-21)34(18-22-14-15-24(31)25(32)16-22)28(36)19-35(40(3,38)39)26-13-9-8-12-23(26)30/h5-16,20,27H,4,17-19H2,1-3H3,(H,33,37)/t20-,27-/m1/s1. The van der Waals surface area contributed by atoms with Crippen molar-refractivity contribution < 1.29 is 18.0 Å². The first kappa shape index (κ1) is 31.9. The first-order valence-corrected chi connectivity index (χ1v) is 16.1. The van der Waals surface area contributed by atoms with Crippen molar-refractivity contribution in [1.29, 1.82) is 0 Å². The van der Waals surface area contributed by atoms with Crippen LogP contribution >= 0.6 is 39.1 Å². The van der Waals surface area contributed by atoms with Crippen LogP contribution in [-0.2, 0) is 32.6 Å². The lowest BCUT2D eigenvalue weighted by atomic mass is 10.0. The number of anilines is 1. The van der Waals surface area contributed by atoms with Gasteiger partial charge in [0.2, 0.25) is 21.8 Å². The lowest BCUT2D eigenvalue weighted by Crippen LogP contribution is -2.54. The van der Waals surface area contributed by atoms with E-state index in [9.17, 15) is 18.0 Å². The molecule has 0 heterocycles. The van der Waals surface area contributed by atoms with Gasteiger partial charge in [0.05, 0.1) is 22.0 Å². The Morgan fingerprint density at radius 2 is 1.60 bits per heavy atom. The Morgan fingerprint density at radius 3 is 2.20 bits per heavy atom. The molecule has 0 spiro atoms. The fraction of sp³-hybridized carbons (Fsp3) is 0.310. The van der Waals surface area contributed by atoms with E-state index in [4.69, 9.17) is 23.2 Å². The largest absolute Gasteiger partial charge is 0.352 e. The van der Waals surface area contributed by atoms with Crippen molar-refractivity contribution in [2.75, 3.05) is 17.1 Å². The van der Waals surface area contributed by atoms with Gasteiger partial charge in [0.1, 0.15) is 12.6 Å². The smallest absolute Gasteiger partial charge is 0.244 e. The van der Waals surface area contributed by atoms with Gasteiger partial charge in [0.25, 0.3) is 0 Å². The Bertz CT molecular complexity index is 1440. The molecule has 0 radical (unpaired) electrons. The zero-order valence-electron chi connectivity index (χ0n) is 22.5. The average molecular weight is 669 g/mol. The number of nitrogens with zero attached hydrogens (tertiary/aromatic N) is 2. The van der Waals surface area contributed by atoms with Crippen LogP contribution in [0.15, 0.2) is 77.3 Å². The van der Waals surface area contributed by atoms with Gasteiger partial charge < -0.3 is 10.2 Å². The number of hydrogen-bond donors (Lipinski definition) is 1. The van der Waals surface area contributed by atoms with E-state index < -0.39 is 28.5 Å². The van der Waals surface area contributed by atoms with E-state index in [2.05, 4.69) is 21.2 Å². The lowest BCUT2D eigenvalue weighted by Gasteiger charge is -2.34. The molecule has 0 aliphatic carbocycles. The first-order chi connectivity index (χ1) is 18.9. The van der Waals surface area contributed by atoms with Crippen molar-refractivity contribution in [3.63, 3.8) is 0 Å². The quantitative estimate of drug-likeness (QED) is 0.254. The Hall–Kier alpha value is -2.59. The molecule has 3 aromatic carbocycles. The molecule has 3 rings (SSSR count). The number of amides is 2. The average Bonchev–Trinajstić information content (AvgIpc) is 2.91. The highest BCUT2D eigenvalue weighted by Gasteiger charge is 2.33. The van der Waals surface area contributed by atoms with E-state index in [-0.39, 0.29) is 24.9 Å². The molecule has 2 atom stereocenters. The van der Waals surface area contributed by atoms with Crippen LogP contribution in [0.5, 0.6) is 0 Å². The van der Waals surface area contributed by atoms with Crippen LogP contribution in [0.2, 0.25) is 10.0 Å². The normalized spacial score (nSPS) is 12.8. The molecule has 0 aromatic heterocycles. The predicted molar refractivity (Wildman–Crippen MR) is 165 cm³/mol. The number of carbonyl (C=O) groups excluding carboxylic acids is 2. The van der Waals surface area contributed by atoms with E-state index in [1.807, 2.05) is 44.2 Å². The van der Waals surface area contributed by atoms with Gasteiger partial charge in [-0.1, -0.05) is 78.7 Å². The molecule has 0 saturated heterocycles. The summed E-state index contributed by atoms with van der Waals surface area (Å²) in [5.41, 5.74) is 1.81. The van der Waals surface area contributed by atoms with Gasteiger partial charge in [-0.2, -0.15) is 0 Å². The van der Waals surface area contributed by atoms with Crippen LogP contribution in [0.25, 0.3) is 0 Å². The Balaban J connectivity index is 2.09. The summed E-state index contributed by atoms with van der Waals surface area (Å²) in [6, 6.07) is 20.0. The molecule has 0 aliphatic rings. The van der Waals surface area contributed by atoms with E-state index in [0.717, 1.165) is 16.1 Å². The summed E-state index contributed by atoms with van der Waals surface area (Å²) in [5.74, 6) is -0.883. The number of halogens is 3. The SMILES string of the molecule is CC[C@@H](C)NC(=O)[C@@H](Cc1ccccc1)N(Cc1ccc(Cl)c(Cl)c1)C(=O)CN(c1ccccc1Br)S(C)(=O)=O. The summed E-state index contributed by atoms with van der Waals surface area (Å²) < 4.78 is 27.3. The van der Waals surface area contributed by atoms with E-state index in [0.29, 0.717) is 32.2 Å². The molecule has 0 bridgehead atoms. The van der Waals surface area contributed by atoms with Crippen molar-refractivity contribution in [2.24, 2.45) is 0 Å². The maximum Gasteiger partial charge on any atom is 0.244 e. The highest BCUT2D eigenvalue weighted by molar-refractivity contribution is 9.10. The summed E-state index contributed by atoms with van der Waals surface area (Å²) in [4.78, 5) is 29.2. The molecule has 214 valence electrons. The van der Waals surface area contributed by atoms with Gasteiger partial charge in [0.15, 0.2) is 0 Å². The van der Waals surface area contributed by atoms with Gasteiger partial charge in [-0.25, -0.2) is 8.42 Å². The number of benzene rings is 3. The summed E-state index contributed by atoms with van der Waals surface area (Å²) >= 11 is 15.8. The maximum absolute atomic E-state index is 14.1. The van der Waals surface area contributed by atoms with Gasteiger partial charge >= 0.3 is 0 Å². The molecule has 0 fully saturated rings. The second kappa shape index (κ2) is 14.3. The summed E-state index contributed by atoms with van der Waals surface area (Å²) in [6.45, 7) is 3.35. The summed E-state index contributed by atoms with van der Waals surface area (Å²) in [7, 11) is -3.87. The Labute approximate surface area is 254 Å². The minimum atomic E-state index is -3.87. The minimum absolute atomic E-state index is 0.00864. The summed E-state index contributed by atoms with van der Waals surface area (Å²) in [6.07, 6.45) is 1.97. The van der Waals surface area contributed by atoms with Crippen LogP contribution < -0.4 is 9.62 Å². The zero-order chi connectivity index (χ0) is 29.4. The number of rotatable bonds is 12. The molecule has 40 heavy (non-hydrogen) atoms. The van der Waals surface area contributed by atoms with Crippen LogP contribution in [0, 0.1) is 0 Å². The first-order valence-electron chi connectivity index (χ1n) is 12.7. The fourth-order valence-electron chi connectivity index (χ4n) is 4.08. The highest BCUT2D eigenvalue weighted by Crippen LogP contribution is 2.29. The van der Waals surface area contributed by atoms with Crippen molar-refractivity contribution in [1.82, 2.24) is 10.2 Å². The third kappa shape index (κ3) is 8.70. The van der Waals surface area contributed by atoms with Crippen LogP contribution in [0.4, 0.5) is 5.69 Å². The van der Waals surface area contributed by atoms with Crippen molar-refractivity contribution >= 4 is 66.7 Å². The molecular weight excluding hydrogens is 637 g/mol. The maximum atomic E-state index is 14.1.